The highest BCUT2D eigenvalue weighted by atomic mass is 16.8. The van der Waals surface area contributed by atoms with E-state index in [2.05, 4.69) is 10.1 Å². The Morgan fingerprint density at radius 3 is 2.20 bits per heavy atom. The van der Waals surface area contributed by atoms with Gasteiger partial charge in [0, 0.05) is 20.3 Å². The second kappa shape index (κ2) is 15.8. The first-order valence-electron chi connectivity index (χ1n) is 14.2. The van der Waals surface area contributed by atoms with Crippen LogP contribution in [0.3, 0.4) is 0 Å². The number of carboxylic acids is 1. The van der Waals surface area contributed by atoms with Crippen molar-refractivity contribution in [2.75, 3.05) is 19.8 Å². The van der Waals surface area contributed by atoms with E-state index in [0.29, 0.717) is 0 Å². The topological polar surface area (TPSA) is 347 Å². The number of rotatable bonds is 12. The van der Waals surface area contributed by atoms with Crippen molar-refractivity contribution in [2.45, 2.75) is 118 Å². The number of nitrogens with one attached hydrogen (secondary N) is 1. The number of hydrogen-bond donors (Lipinski definition) is 12. The largest absolute Gasteiger partial charge is 0.477 e. The number of aliphatic hydroxyl groups excluding tert-OH is 9. The van der Waals surface area contributed by atoms with Crippen molar-refractivity contribution < 1.29 is 93.9 Å². The number of aliphatic carboxylic acids is 1. The molecule has 13 N–H and O–H groups in total. The zero-order chi connectivity index (χ0) is 34.7. The fourth-order valence-electron chi connectivity index (χ4n) is 5.27. The predicted molar refractivity (Wildman–Crippen MR) is 142 cm³/mol. The molecule has 3 heterocycles. The van der Waals surface area contributed by atoms with Gasteiger partial charge >= 0.3 is 11.9 Å². The zero-order valence-corrected chi connectivity index (χ0v) is 24.7. The minimum atomic E-state index is -2.79. The number of amides is 1. The maximum Gasteiger partial charge on any atom is 0.364 e. The number of aliphatic hydroxyl groups is 9. The summed E-state index contributed by atoms with van der Waals surface area (Å²) in [6, 6.07) is -2.93. The smallest absolute Gasteiger partial charge is 0.364 e. The highest BCUT2D eigenvalue weighted by molar-refractivity contribution is 5.76. The van der Waals surface area contributed by atoms with E-state index in [1.54, 1.807) is 0 Å². The van der Waals surface area contributed by atoms with Crippen LogP contribution in [0.25, 0.3) is 0 Å². The van der Waals surface area contributed by atoms with Gasteiger partial charge in [0.05, 0.1) is 25.4 Å². The van der Waals surface area contributed by atoms with Crippen LogP contribution in [-0.4, -0.2) is 186 Å². The van der Waals surface area contributed by atoms with Gasteiger partial charge in [0.15, 0.2) is 12.6 Å². The van der Waals surface area contributed by atoms with E-state index < -0.39 is 142 Å². The highest BCUT2D eigenvalue weighted by Gasteiger charge is 2.56. The molecule has 3 fully saturated rings. The molecule has 0 aromatic heterocycles. The predicted octanol–water partition coefficient (Wildman–Crippen LogP) is -7.69. The number of hydrogen-bond acceptors (Lipinski definition) is 19. The molecule has 0 aromatic rings. The van der Waals surface area contributed by atoms with E-state index in [9.17, 15) is 65.4 Å². The lowest BCUT2D eigenvalue weighted by atomic mass is 9.89. The summed E-state index contributed by atoms with van der Waals surface area (Å²) in [6.45, 7) is -0.391. The van der Waals surface area contributed by atoms with Crippen molar-refractivity contribution in [1.29, 1.82) is 0 Å². The zero-order valence-electron chi connectivity index (χ0n) is 24.7. The summed E-state index contributed by atoms with van der Waals surface area (Å²) in [4.78, 5) is 35.0. The molecule has 266 valence electrons. The highest BCUT2D eigenvalue weighted by Crippen LogP contribution is 2.35. The van der Waals surface area contributed by atoms with Gasteiger partial charge in [-0.05, 0) is 0 Å². The minimum Gasteiger partial charge on any atom is -0.477 e. The van der Waals surface area contributed by atoms with Gasteiger partial charge in [-0.3, -0.25) is 9.59 Å². The lowest BCUT2D eigenvalue weighted by molar-refractivity contribution is -0.358. The lowest BCUT2D eigenvalue weighted by Crippen LogP contribution is -2.68. The number of nitrogens with two attached hydrogens (primary N) is 1. The van der Waals surface area contributed by atoms with E-state index in [1.807, 2.05) is 0 Å². The van der Waals surface area contributed by atoms with Gasteiger partial charge in [0.1, 0.15) is 73.7 Å². The molecule has 21 nitrogen and oxygen atoms in total. The molecule has 21 heteroatoms. The number of carbonyl (C=O) groups excluding carboxylic acids is 2. The molecule has 0 radical (unpaired) electrons. The average Bonchev–Trinajstić information content (AvgIpc) is 2.99. The van der Waals surface area contributed by atoms with Crippen molar-refractivity contribution in [2.24, 2.45) is 5.73 Å². The lowest BCUT2D eigenvalue weighted by Gasteiger charge is -2.47. The van der Waals surface area contributed by atoms with Crippen LogP contribution in [0.15, 0.2) is 0 Å². The van der Waals surface area contributed by atoms with Crippen molar-refractivity contribution in [3.8, 4) is 0 Å². The second-order valence-electron chi connectivity index (χ2n) is 11.2. The van der Waals surface area contributed by atoms with Crippen molar-refractivity contribution in [3.63, 3.8) is 0 Å². The maximum absolute atomic E-state index is 12.4. The van der Waals surface area contributed by atoms with Gasteiger partial charge in [-0.2, -0.15) is 0 Å². The fourth-order valence-corrected chi connectivity index (χ4v) is 5.27. The monoisotopic (exact) mass is 674 g/mol. The molecule has 0 aromatic carbocycles. The molecule has 46 heavy (non-hydrogen) atoms. The number of ether oxygens (including phenoxy) is 6. The number of esters is 1. The second-order valence-corrected chi connectivity index (χ2v) is 11.2. The summed E-state index contributed by atoms with van der Waals surface area (Å²) >= 11 is 0. The standard InChI is InChI=1S/C25H42N2O19/c1-7(29)27-14-17(35)20(11(4-28)43-22(14)38)45-23-19(37)18(36)16(34)12(44-23)6-42-25(24(39)40)3-9(31)13(26)21(46-25)15(33)10(32)5-41-8(2)30/h9-23,28,31-38H,3-6,26H2,1-2H3,(H,27,29)(H,39,40)/t9-,10+,11+,12+,13+,14+,15+,16-,17+,18-,19+,20+,21+,22?,23-,25+/m0/s1. The SMILES string of the molecule is CC(=O)N[C@H]1C(O)O[C@H](CO)[C@@H](O[C@@H]2O[C@H](CO[C@]3(C(=O)O)C[C@H](O)[C@@H](N)[C@H]([C@H](O)[C@H](O)COC(C)=O)O3)[C@H](O)[C@H](O)[C@H]2O)[C@@H]1O. The molecular weight excluding hydrogens is 632 g/mol. The van der Waals surface area contributed by atoms with Gasteiger partial charge in [-0.25, -0.2) is 4.79 Å². The minimum absolute atomic E-state index is 0.672. The Bertz CT molecular complexity index is 1050. The molecule has 1 unspecified atom stereocenters. The summed E-state index contributed by atoms with van der Waals surface area (Å²) in [5.74, 6) is -6.11. The Kier molecular flexibility index (Phi) is 13.1. The van der Waals surface area contributed by atoms with Crippen LogP contribution < -0.4 is 11.1 Å². The average molecular weight is 675 g/mol. The first-order valence-corrected chi connectivity index (χ1v) is 14.2. The van der Waals surface area contributed by atoms with Crippen LogP contribution in [0, 0.1) is 0 Å². The molecule has 3 aliphatic heterocycles. The number of carboxylic acid groups (broad SMARTS) is 1. The molecular formula is C25H42N2O19. The van der Waals surface area contributed by atoms with Gasteiger partial charge in [-0.1, -0.05) is 0 Å². The summed E-state index contributed by atoms with van der Waals surface area (Å²) in [5.41, 5.74) is 5.89. The summed E-state index contributed by atoms with van der Waals surface area (Å²) in [5, 5.41) is 106. The molecule has 1 amide bonds. The summed E-state index contributed by atoms with van der Waals surface area (Å²) in [6.07, 6.45) is -24.4. The van der Waals surface area contributed by atoms with Gasteiger partial charge in [0.2, 0.25) is 5.91 Å². The third-order valence-corrected chi connectivity index (χ3v) is 7.82. The first-order chi connectivity index (χ1) is 21.4. The van der Waals surface area contributed by atoms with E-state index >= 15 is 0 Å². The van der Waals surface area contributed by atoms with Crippen LogP contribution in [0.4, 0.5) is 0 Å². The molecule has 0 spiro atoms. The van der Waals surface area contributed by atoms with Crippen molar-refractivity contribution in [3.05, 3.63) is 0 Å². The van der Waals surface area contributed by atoms with Crippen molar-refractivity contribution in [1.82, 2.24) is 5.32 Å². The van der Waals surface area contributed by atoms with E-state index in [4.69, 9.17) is 29.4 Å². The Hall–Kier alpha value is -2.19. The Labute approximate surface area is 260 Å². The molecule has 3 rings (SSSR count). The van der Waals surface area contributed by atoms with Crippen LogP contribution in [0.1, 0.15) is 20.3 Å². The third kappa shape index (κ3) is 8.44. The Balaban J connectivity index is 1.78. The molecule has 0 saturated carbocycles. The Morgan fingerprint density at radius 1 is 0.978 bits per heavy atom. The Morgan fingerprint density at radius 2 is 1.63 bits per heavy atom. The van der Waals surface area contributed by atoms with Crippen LogP contribution in [-0.2, 0) is 42.8 Å². The van der Waals surface area contributed by atoms with Gasteiger partial charge < -0.3 is 90.5 Å². The van der Waals surface area contributed by atoms with Gasteiger partial charge in [-0.15, -0.1) is 0 Å². The van der Waals surface area contributed by atoms with E-state index in [0.717, 1.165) is 13.8 Å². The molecule has 16 atom stereocenters. The van der Waals surface area contributed by atoms with Crippen LogP contribution >= 0.6 is 0 Å². The third-order valence-electron chi connectivity index (χ3n) is 7.82. The molecule has 0 aliphatic carbocycles. The summed E-state index contributed by atoms with van der Waals surface area (Å²) < 4.78 is 31.8. The van der Waals surface area contributed by atoms with Crippen LogP contribution in [0.2, 0.25) is 0 Å². The van der Waals surface area contributed by atoms with E-state index in [1.165, 1.54) is 0 Å². The maximum atomic E-state index is 12.4. The molecule has 3 aliphatic rings. The molecule has 3 saturated heterocycles. The van der Waals surface area contributed by atoms with Gasteiger partial charge in [0.25, 0.3) is 5.79 Å². The normalized spacial score (nSPS) is 42.9. The summed E-state index contributed by atoms with van der Waals surface area (Å²) in [7, 11) is 0. The molecule has 0 bridgehead atoms. The van der Waals surface area contributed by atoms with Crippen LogP contribution in [0.5, 0.6) is 0 Å². The van der Waals surface area contributed by atoms with E-state index in [-0.39, 0.29) is 0 Å². The number of carbonyl (C=O) groups is 3. The quantitative estimate of drug-likeness (QED) is 0.0855. The fraction of sp³-hybridized carbons (Fsp3) is 0.880. The van der Waals surface area contributed by atoms with Crippen molar-refractivity contribution >= 4 is 17.8 Å². The first kappa shape index (κ1) is 38.3.